The van der Waals surface area contributed by atoms with Gasteiger partial charge in [-0.05, 0) is 31.2 Å². The molecule has 0 aromatic heterocycles. The molecule has 20 heavy (non-hydrogen) atoms. The first-order valence-corrected chi connectivity index (χ1v) is 8.71. The van der Waals surface area contributed by atoms with Crippen LogP contribution in [0.2, 0.25) is 0 Å². The molecule has 0 radical (unpaired) electrons. The Morgan fingerprint density at radius 2 is 2.00 bits per heavy atom. The van der Waals surface area contributed by atoms with Gasteiger partial charge in [0.15, 0.2) is 0 Å². The van der Waals surface area contributed by atoms with Crippen LogP contribution in [0.4, 0.5) is 0 Å². The Morgan fingerprint density at radius 3 is 2.60 bits per heavy atom. The molecule has 0 fully saturated rings. The van der Waals surface area contributed by atoms with Crippen LogP contribution in [0.25, 0.3) is 0 Å². The van der Waals surface area contributed by atoms with Crippen LogP contribution >= 0.6 is 15.9 Å². The third kappa shape index (κ3) is 5.40. The Labute approximate surface area is 129 Å². The standard InChI is InChI=1S/C13H21BrN2O3S/c1-10(2)15-7-4-8-16-20(17,18)13-9-11(14)5-6-12(13)19-3/h5-6,9-10,15-16H,4,7-8H2,1-3H3. The van der Waals surface area contributed by atoms with E-state index in [1.54, 1.807) is 12.1 Å². The van der Waals surface area contributed by atoms with Crippen LogP contribution in [-0.2, 0) is 10.0 Å². The van der Waals surface area contributed by atoms with Crippen molar-refractivity contribution in [2.75, 3.05) is 20.2 Å². The quantitative estimate of drug-likeness (QED) is 0.693. The Kier molecular flexibility index (Phi) is 6.94. The van der Waals surface area contributed by atoms with Gasteiger partial charge in [0.1, 0.15) is 10.6 Å². The number of sulfonamides is 1. The molecular formula is C13H21BrN2O3S. The molecule has 0 saturated heterocycles. The van der Waals surface area contributed by atoms with Crippen LogP contribution in [0.3, 0.4) is 0 Å². The van der Waals surface area contributed by atoms with Crippen LogP contribution in [0.5, 0.6) is 5.75 Å². The lowest BCUT2D eigenvalue weighted by Crippen LogP contribution is -2.30. The van der Waals surface area contributed by atoms with E-state index >= 15 is 0 Å². The van der Waals surface area contributed by atoms with Gasteiger partial charge in [0, 0.05) is 17.1 Å². The maximum absolute atomic E-state index is 12.2. The minimum Gasteiger partial charge on any atom is -0.495 e. The SMILES string of the molecule is COc1ccc(Br)cc1S(=O)(=O)NCCCNC(C)C. The van der Waals surface area contributed by atoms with Crippen molar-refractivity contribution < 1.29 is 13.2 Å². The van der Waals surface area contributed by atoms with Gasteiger partial charge in [0.25, 0.3) is 0 Å². The van der Waals surface area contributed by atoms with Gasteiger partial charge in [-0.1, -0.05) is 29.8 Å². The summed E-state index contributed by atoms with van der Waals surface area (Å²) in [6, 6.07) is 5.30. The predicted molar refractivity (Wildman–Crippen MR) is 83.6 cm³/mol. The summed E-state index contributed by atoms with van der Waals surface area (Å²) in [6.45, 7) is 5.26. The van der Waals surface area contributed by atoms with Gasteiger partial charge in [-0.3, -0.25) is 0 Å². The maximum Gasteiger partial charge on any atom is 0.244 e. The zero-order valence-electron chi connectivity index (χ0n) is 11.9. The van der Waals surface area contributed by atoms with E-state index in [9.17, 15) is 8.42 Å². The summed E-state index contributed by atoms with van der Waals surface area (Å²) in [4.78, 5) is 0.145. The highest BCUT2D eigenvalue weighted by atomic mass is 79.9. The molecule has 0 atom stereocenters. The summed E-state index contributed by atoms with van der Waals surface area (Å²) < 4.78 is 32.8. The van der Waals surface area contributed by atoms with Crippen LogP contribution in [0.1, 0.15) is 20.3 Å². The molecule has 5 nitrogen and oxygen atoms in total. The van der Waals surface area contributed by atoms with Gasteiger partial charge >= 0.3 is 0 Å². The molecule has 0 amide bonds. The van der Waals surface area contributed by atoms with Crippen molar-refractivity contribution in [2.24, 2.45) is 0 Å². The zero-order chi connectivity index (χ0) is 15.2. The van der Waals surface area contributed by atoms with E-state index in [1.165, 1.54) is 13.2 Å². The minimum atomic E-state index is -3.56. The number of ether oxygens (including phenoxy) is 1. The topological polar surface area (TPSA) is 67.4 Å². The van der Waals surface area contributed by atoms with Crippen molar-refractivity contribution >= 4 is 26.0 Å². The van der Waals surface area contributed by atoms with E-state index in [0.717, 1.165) is 13.0 Å². The summed E-state index contributed by atoms with van der Waals surface area (Å²) >= 11 is 3.27. The summed E-state index contributed by atoms with van der Waals surface area (Å²) in [6.07, 6.45) is 0.730. The molecule has 0 aliphatic heterocycles. The Balaban J connectivity index is 2.67. The number of benzene rings is 1. The first kappa shape index (κ1) is 17.4. The Bertz CT molecular complexity index is 532. The average molecular weight is 365 g/mol. The van der Waals surface area contributed by atoms with Crippen molar-refractivity contribution in [2.45, 2.75) is 31.2 Å². The average Bonchev–Trinajstić information content (AvgIpc) is 2.37. The highest BCUT2D eigenvalue weighted by Gasteiger charge is 2.19. The third-order valence-corrected chi connectivity index (χ3v) is 4.59. The smallest absolute Gasteiger partial charge is 0.244 e. The summed E-state index contributed by atoms with van der Waals surface area (Å²) in [7, 11) is -2.11. The molecule has 7 heteroatoms. The van der Waals surface area contributed by atoms with Gasteiger partial charge in [-0.2, -0.15) is 0 Å². The molecule has 1 aromatic rings. The molecule has 1 aromatic carbocycles. The molecule has 2 N–H and O–H groups in total. The van der Waals surface area contributed by atoms with Gasteiger partial charge < -0.3 is 10.1 Å². The van der Waals surface area contributed by atoms with Crippen molar-refractivity contribution in [3.63, 3.8) is 0 Å². The van der Waals surface area contributed by atoms with Crippen molar-refractivity contribution in [3.8, 4) is 5.75 Å². The van der Waals surface area contributed by atoms with Gasteiger partial charge in [0.05, 0.1) is 7.11 Å². The molecule has 0 aliphatic carbocycles. The zero-order valence-corrected chi connectivity index (χ0v) is 14.3. The van der Waals surface area contributed by atoms with E-state index in [4.69, 9.17) is 4.74 Å². The molecule has 0 unspecified atom stereocenters. The molecule has 0 spiro atoms. The Morgan fingerprint density at radius 1 is 1.30 bits per heavy atom. The highest BCUT2D eigenvalue weighted by Crippen LogP contribution is 2.26. The number of hydrogen-bond donors (Lipinski definition) is 2. The highest BCUT2D eigenvalue weighted by molar-refractivity contribution is 9.10. The Hall–Kier alpha value is -0.630. The van der Waals surface area contributed by atoms with Crippen LogP contribution in [0, 0.1) is 0 Å². The fourth-order valence-electron chi connectivity index (χ4n) is 1.62. The second-order valence-corrected chi connectivity index (χ2v) is 7.31. The molecule has 0 saturated carbocycles. The van der Waals surface area contributed by atoms with E-state index in [1.807, 2.05) is 0 Å². The van der Waals surface area contributed by atoms with E-state index < -0.39 is 10.0 Å². The van der Waals surface area contributed by atoms with E-state index in [2.05, 4.69) is 39.8 Å². The second kappa shape index (κ2) is 7.97. The molecule has 0 aliphatic rings. The number of nitrogens with one attached hydrogen (secondary N) is 2. The first-order valence-electron chi connectivity index (χ1n) is 6.43. The summed E-state index contributed by atoms with van der Waals surface area (Å²) in [5, 5.41) is 3.24. The monoisotopic (exact) mass is 364 g/mol. The molecule has 1 rings (SSSR count). The fraction of sp³-hybridized carbons (Fsp3) is 0.538. The lowest BCUT2D eigenvalue weighted by atomic mass is 10.3. The number of methoxy groups -OCH3 is 1. The van der Waals surface area contributed by atoms with Crippen molar-refractivity contribution in [3.05, 3.63) is 22.7 Å². The lowest BCUT2D eigenvalue weighted by Gasteiger charge is -2.12. The summed E-state index contributed by atoms with van der Waals surface area (Å²) in [5.74, 6) is 0.334. The lowest BCUT2D eigenvalue weighted by molar-refractivity contribution is 0.402. The minimum absolute atomic E-state index is 0.145. The number of rotatable bonds is 8. The number of hydrogen-bond acceptors (Lipinski definition) is 4. The third-order valence-electron chi connectivity index (χ3n) is 2.61. The molecule has 0 bridgehead atoms. The van der Waals surface area contributed by atoms with Gasteiger partial charge in [-0.25, -0.2) is 13.1 Å². The molecule has 114 valence electrons. The first-order chi connectivity index (χ1) is 9.36. The molecule has 0 heterocycles. The van der Waals surface area contributed by atoms with Crippen LogP contribution < -0.4 is 14.8 Å². The van der Waals surface area contributed by atoms with Crippen LogP contribution in [0.15, 0.2) is 27.6 Å². The van der Waals surface area contributed by atoms with E-state index in [0.29, 0.717) is 22.8 Å². The largest absolute Gasteiger partial charge is 0.495 e. The maximum atomic E-state index is 12.2. The predicted octanol–water partition coefficient (Wildman–Crippen LogP) is 2.12. The van der Waals surface area contributed by atoms with E-state index in [-0.39, 0.29) is 4.90 Å². The van der Waals surface area contributed by atoms with Gasteiger partial charge in [-0.15, -0.1) is 0 Å². The fourth-order valence-corrected chi connectivity index (χ4v) is 3.40. The normalized spacial score (nSPS) is 11.8. The van der Waals surface area contributed by atoms with Crippen LogP contribution in [-0.4, -0.2) is 34.7 Å². The van der Waals surface area contributed by atoms with Crippen molar-refractivity contribution in [1.29, 1.82) is 0 Å². The molecular weight excluding hydrogens is 344 g/mol. The van der Waals surface area contributed by atoms with Crippen molar-refractivity contribution in [1.82, 2.24) is 10.0 Å². The second-order valence-electron chi connectivity index (χ2n) is 4.66. The summed E-state index contributed by atoms with van der Waals surface area (Å²) in [5.41, 5.74) is 0. The number of halogens is 1. The van der Waals surface area contributed by atoms with Gasteiger partial charge in [0.2, 0.25) is 10.0 Å².